The monoisotopic (exact) mass is 286 g/mol. The number of hydrogen-bond donors (Lipinski definition) is 1. The summed E-state index contributed by atoms with van der Waals surface area (Å²) < 4.78 is 10.8. The highest BCUT2D eigenvalue weighted by Gasteiger charge is 2.18. The third-order valence-corrected chi connectivity index (χ3v) is 2.93. The smallest absolute Gasteiger partial charge is 0.265 e. The first-order chi connectivity index (χ1) is 10.2. The number of anilines is 1. The molecule has 1 heterocycles. The second-order valence-corrected chi connectivity index (χ2v) is 4.42. The second-order valence-electron chi connectivity index (χ2n) is 4.42. The largest absolute Gasteiger partial charge is 0.497 e. The van der Waals surface area contributed by atoms with E-state index < -0.39 is 6.10 Å². The molecule has 0 saturated carbocycles. The fraction of sp³-hybridized carbons (Fsp3) is 0.250. The Hall–Kier alpha value is -2.56. The van der Waals surface area contributed by atoms with Gasteiger partial charge in [-0.25, -0.2) is 0 Å². The van der Waals surface area contributed by atoms with Crippen LogP contribution in [0.15, 0.2) is 48.8 Å². The first-order valence-electron chi connectivity index (χ1n) is 6.74. The molecule has 21 heavy (non-hydrogen) atoms. The molecule has 5 nitrogen and oxygen atoms in total. The molecule has 1 aromatic heterocycles. The van der Waals surface area contributed by atoms with Crippen molar-refractivity contribution >= 4 is 11.6 Å². The molecule has 110 valence electrons. The summed E-state index contributed by atoms with van der Waals surface area (Å²) in [4.78, 5) is 16.1. The average molecular weight is 286 g/mol. The average Bonchev–Trinajstić information content (AvgIpc) is 2.54. The van der Waals surface area contributed by atoms with Gasteiger partial charge in [0.2, 0.25) is 0 Å². The summed E-state index contributed by atoms with van der Waals surface area (Å²) >= 11 is 0. The number of nitrogens with one attached hydrogen (secondary N) is 1. The Bertz CT molecular complexity index is 570. The number of rotatable bonds is 6. The maximum atomic E-state index is 12.2. The van der Waals surface area contributed by atoms with E-state index in [9.17, 15) is 4.79 Å². The molecule has 0 fully saturated rings. The van der Waals surface area contributed by atoms with Gasteiger partial charge in [0.05, 0.1) is 19.0 Å². The van der Waals surface area contributed by atoms with Crippen LogP contribution < -0.4 is 14.8 Å². The number of carbonyl (C=O) groups excluding carboxylic acids is 1. The van der Waals surface area contributed by atoms with E-state index in [1.165, 1.54) is 0 Å². The number of aromatic nitrogens is 1. The SMILES string of the molecule is CC[C@H](Oc1ccc(OC)cc1)C(=O)Nc1cccnc1. The molecule has 5 heteroatoms. The van der Waals surface area contributed by atoms with Crippen molar-refractivity contribution in [1.29, 1.82) is 0 Å². The van der Waals surface area contributed by atoms with Crippen LogP contribution >= 0.6 is 0 Å². The molecule has 1 atom stereocenters. The number of benzene rings is 1. The minimum atomic E-state index is -0.557. The molecule has 1 amide bonds. The zero-order valence-corrected chi connectivity index (χ0v) is 12.1. The van der Waals surface area contributed by atoms with Crippen LogP contribution in [0, 0.1) is 0 Å². The van der Waals surface area contributed by atoms with Gasteiger partial charge in [0.25, 0.3) is 5.91 Å². The van der Waals surface area contributed by atoms with Crippen LogP contribution in [0.5, 0.6) is 11.5 Å². The second kappa shape index (κ2) is 7.28. The number of amides is 1. The highest BCUT2D eigenvalue weighted by atomic mass is 16.5. The van der Waals surface area contributed by atoms with Gasteiger partial charge in [0, 0.05) is 6.20 Å². The lowest BCUT2D eigenvalue weighted by Gasteiger charge is -2.17. The molecule has 0 spiro atoms. The predicted octanol–water partition coefficient (Wildman–Crippen LogP) is 2.89. The molecule has 0 aliphatic rings. The van der Waals surface area contributed by atoms with Crippen LogP contribution in [0.3, 0.4) is 0 Å². The molecular formula is C16H18N2O3. The Morgan fingerprint density at radius 1 is 1.24 bits per heavy atom. The van der Waals surface area contributed by atoms with Gasteiger partial charge >= 0.3 is 0 Å². The zero-order valence-electron chi connectivity index (χ0n) is 12.1. The summed E-state index contributed by atoms with van der Waals surface area (Å²) in [6.07, 6.45) is 3.26. The number of hydrogen-bond acceptors (Lipinski definition) is 4. The Kier molecular flexibility index (Phi) is 5.15. The fourth-order valence-corrected chi connectivity index (χ4v) is 1.80. The molecular weight excluding hydrogens is 268 g/mol. The van der Waals surface area contributed by atoms with Crippen molar-refractivity contribution in [1.82, 2.24) is 4.98 Å². The summed E-state index contributed by atoms with van der Waals surface area (Å²) in [7, 11) is 1.60. The Morgan fingerprint density at radius 2 is 1.95 bits per heavy atom. The van der Waals surface area contributed by atoms with E-state index in [-0.39, 0.29) is 5.91 Å². The van der Waals surface area contributed by atoms with Gasteiger partial charge in [0.1, 0.15) is 11.5 Å². The molecule has 2 aromatic rings. The van der Waals surface area contributed by atoms with Gasteiger partial charge in [-0.1, -0.05) is 6.92 Å². The summed E-state index contributed by atoms with van der Waals surface area (Å²) in [5, 5.41) is 2.78. The van der Waals surface area contributed by atoms with Crippen molar-refractivity contribution in [2.75, 3.05) is 12.4 Å². The molecule has 0 bridgehead atoms. The van der Waals surface area contributed by atoms with Crippen molar-refractivity contribution in [3.05, 3.63) is 48.8 Å². The van der Waals surface area contributed by atoms with E-state index in [2.05, 4.69) is 10.3 Å². The third kappa shape index (κ3) is 4.21. The molecule has 0 saturated heterocycles. The van der Waals surface area contributed by atoms with Crippen LogP contribution in [0.1, 0.15) is 13.3 Å². The highest BCUT2D eigenvalue weighted by Crippen LogP contribution is 2.19. The summed E-state index contributed by atoms with van der Waals surface area (Å²) in [6, 6.07) is 10.7. The van der Waals surface area contributed by atoms with E-state index in [0.29, 0.717) is 17.9 Å². The Labute approximate surface area is 123 Å². The molecule has 0 aliphatic carbocycles. The Balaban J connectivity index is 1.99. The van der Waals surface area contributed by atoms with Gasteiger partial charge in [-0.15, -0.1) is 0 Å². The van der Waals surface area contributed by atoms with Crippen molar-refractivity contribution in [2.45, 2.75) is 19.4 Å². The van der Waals surface area contributed by atoms with Crippen LogP contribution in [0.4, 0.5) is 5.69 Å². The normalized spacial score (nSPS) is 11.5. The van der Waals surface area contributed by atoms with E-state index in [0.717, 1.165) is 5.75 Å². The minimum absolute atomic E-state index is 0.193. The number of nitrogens with zero attached hydrogens (tertiary/aromatic N) is 1. The first kappa shape index (κ1) is 14.8. The quantitative estimate of drug-likeness (QED) is 0.887. The number of ether oxygens (including phenoxy) is 2. The standard InChI is InChI=1S/C16H18N2O3/c1-3-15(16(19)18-12-5-4-10-17-11-12)21-14-8-6-13(20-2)7-9-14/h4-11,15H,3H2,1-2H3,(H,18,19)/t15-/m0/s1. The molecule has 0 aliphatic heterocycles. The number of methoxy groups -OCH3 is 1. The van der Waals surface area contributed by atoms with Gasteiger partial charge in [-0.2, -0.15) is 0 Å². The van der Waals surface area contributed by atoms with Gasteiger partial charge in [0.15, 0.2) is 6.10 Å². The minimum Gasteiger partial charge on any atom is -0.497 e. The third-order valence-electron chi connectivity index (χ3n) is 2.93. The van der Waals surface area contributed by atoms with Crippen LogP contribution in [0.2, 0.25) is 0 Å². The summed E-state index contributed by atoms with van der Waals surface area (Å²) in [5.74, 6) is 1.18. The maximum absolute atomic E-state index is 12.2. The maximum Gasteiger partial charge on any atom is 0.265 e. The summed E-state index contributed by atoms with van der Waals surface area (Å²) in [6.45, 7) is 1.90. The molecule has 0 radical (unpaired) electrons. The topological polar surface area (TPSA) is 60.5 Å². The summed E-state index contributed by atoms with van der Waals surface area (Å²) in [5.41, 5.74) is 0.652. The highest BCUT2D eigenvalue weighted by molar-refractivity contribution is 5.94. The molecule has 2 rings (SSSR count). The van der Waals surface area contributed by atoms with Gasteiger partial charge in [-0.05, 0) is 42.8 Å². The Morgan fingerprint density at radius 3 is 2.52 bits per heavy atom. The van der Waals surface area contributed by atoms with E-state index in [4.69, 9.17) is 9.47 Å². The molecule has 1 aromatic carbocycles. The first-order valence-corrected chi connectivity index (χ1v) is 6.74. The number of carbonyl (C=O) groups is 1. The fourth-order valence-electron chi connectivity index (χ4n) is 1.80. The predicted molar refractivity (Wildman–Crippen MR) is 80.6 cm³/mol. The van der Waals surface area contributed by atoms with Crippen LogP contribution in [0.25, 0.3) is 0 Å². The van der Waals surface area contributed by atoms with Crippen LogP contribution in [-0.4, -0.2) is 24.1 Å². The van der Waals surface area contributed by atoms with Crippen molar-refractivity contribution in [3.8, 4) is 11.5 Å². The van der Waals surface area contributed by atoms with Crippen molar-refractivity contribution in [2.24, 2.45) is 0 Å². The number of pyridine rings is 1. The lowest BCUT2D eigenvalue weighted by atomic mass is 10.2. The van der Waals surface area contributed by atoms with Gasteiger partial charge in [-0.3, -0.25) is 9.78 Å². The lowest BCUT2D eigenvalue weighted by molar-refractivity contribution is -0.122. The van der Waals surface area contributed by atoms with Gasteiger partial charge < -0.3 is 14.8 Å². The van der Waals surface area contributed by atoms with E-state index in [1.807, 2.05) is 6.92 Å². The molecule has 1 N–H and O–H groups in total. The van der Waals surface area contributed by atoms with Crippen LogP contribution in [-0.2, 0) is 4.79 Å². The zero-order chi connectivity index (χ0) is 15.1. The van der Waals surface area contributed by atoms with E-state index in [1.54, 1.807) is 55.9 Å². The van der Waals surface area contributed by atoms with Crippen molar-refractivity contribution < 1.29 is 14.3 Å². The molecule has 0 unspecified atom stereocenters. The van der Waals surface area contributed by atoms with Crippen molar-refractivity contribution in [3.63, 3.8) is 0 Å². The lowest BCUT2D eigenvalue weighted by Crippen LogP contribution is -2.32. The van der Waals surface area contributed by atoms with E-state index >= 15 is 0 Å².